The maximum atomic E-state index is 12.9. The first-order valence-corrected chi connectivity index (χ1v) is 10.2. The summed E-state index contributed by atoms with van der Waals surface area (Å²) < 4.78 is 38.5. The van der Waals surface area contributed by atoms with Gasteiger partial charge < -0.3 is 0 Å². The molecule has 0 aliphatic carbocycles. The van der Waals surface area contributed by atoms with E-state index in [9.17, 15) is 13.2 Å². The summed E-state index contributed by atoms with van der Waals surface area (Å²) in [6, 6.07) is 10.3. The highest BCUT2D eigenvalue weighted by Crippen LogP contribution is 2.22. The zero-order valence-electron chi connectivity index (χ0n) is 17.7. The molecule has 162 valence electrons. The van der Waals surface area contributed by atoms with E-state index in [0.29, 0.717) is 21.7 Å². The second-order valence-corrected chi connectivity index (χ2v) is 8.17. The molecule has 6 heteroatoms. The molecule has 0 saturated carbocycles. The van der Waals surface area contributed by atoms with E-state index < -0.39 is 0 Å². The lowest BCUT2D eigenvalue weighted by Gasteiger charge is -2.00. The first-order valence-electron chi connectivity index (χ1n) is 9.11. The topological polar surface area (TPSA) is 0 Å². The Morgan fingerprint density at radius 2 is 0.933 bits per heavy atom. The van der Waals surface area contributed by atoms with Gasteiger partial charge in [0.05, 0.1) is 10.0 Å². The van der Waals surface area contributed by atoms with Gasteiger partial charge in [-0.1, -0.05) is 59.1 Å². The van der Waals surface area contributed by atoms with E-state index in [4.69, 9.17) is 34.8 Å². The lowest BCUT2D eigenvalue weighted by Crippen LogP contribution is -1.85. The zero-order valence-corrected chi connectivity index (χ0v) is 20.0. The van der Waals surface area contributed by atoms with Crippen LogP contribution in [0.2, 0.25) is 15.1 Å². The van der Waals surface area contributed by atoms with Crippen LogP contribution in [0.3, 0.4) is 0 Å². The third-order valence-corrected chi connectivity index (χ3v) is 5.68. The van der Waals surface area contributed by atoms with Gasteiger partial charge in [0.25, 0.3) is 0 Å². The van der Waals surface area contributed by atoms with Crippen molar-refractivity contribution in [1.82, 2.24) is 0 Å². The Hall–Kier alpha value is -1.68. The summed E-state index contributed by atoms with van der Waals surface area (Å²) in [5.41, 5.74) is 4.13. The Kier molecular flexibility index (Phi) is 10.2. The van der Waals surface area contributed by atoms with Crippen LogP contribution in [0.1, 0.15) is 33.4 Å². The molecule has 0 amide bonds. The van der Waals surface area contributed by atoms with Crippen molar-refractivity contribution in [1.29, 1.82) is 0 Å². The van der Waals surface area contributed by atoms with Gasteiger partial charge in [-0.25, -0.2) is 13.2 Å². The van der Waals surface area contributed by atoms with Gasteiger partial charge in [-0.2, -0.15) is 0 Å². The average Bonchev–Trinajstić information content (AvgIpc) is 2.70. The highest BCUT2D eigenvalue weighted by atomic mass is 35.5. The maximum Gasteiger partial charge on any atom is 0.144 e. The summed E-state index contributed by atoms with van der Waals surface area (Å²) in [7, 11) is 0. The predicted octanol–water partition coefficient (Wildman–Crippen LogP) is 9.29. The van der Waals surface area contributed by atoms with Gasteiger partial charge in [0.15, 0.2) is 0 Å². The molecule has 30 heavy (non-hydrogen) atoms. The predicted molar refractivity (Wildman–Crippen MR) is 123 cm³/mol. The van der Waals surface area contributed by atoms with Gasteiger partial charge in [0, 0.05) is 10.6 Å². The number of halogens is 6. The van der Waals surface area contributed by atoms with Crippen molar-refractivity contribution in [3.05, 3.63) is 102 Å². The SMILES string of the molecule is Cc1cc(F)c(C)c(Cl)c1.Cc1ccc(C)c(Cl)c1F.Cc1ccc(C)c(Cl)c1F. The molecule has 0 atom stereocenters. The number of hydrogen-bond acceptors (Lipinski definition) is 0. The van der Waals surface area contributed by atoms with Gasteiger partial charge in [-0.15, -0.1) is 0 Å². The number of aryl methyl sites for hydroxylation is 5. The van der Waals surface area contributed by atoms with Gasteiger partial charge in [-0.3, -0.25) is 0 Å². The van der Waals surface area contributed by atoms with Crippen molar-refractivity contribution in [2.24, 2.45) is 0 Å². The molecule has 0 spiro atoms. The lowest BCUT2D eigenvalue weighted by atomic mass is 10.1. The van der Waals surface area contributed by atoms with Crippen LogP contribution in [-0.2, 0) is 0 Å². The highest BCUT2D eigenvalue weighted by Gasteiger charge is 2.05. The Labute approximate surface area is 191 Å². The summed E-state index contributed by atoms with van der Waals surface area (Å²) in [4.78, 5) is 0. The second-order valence-electron chi connectivity index (χ2n) is 7.01. The number of hydrogen-bond donors (Lipinski definition) is 0. The molecule has 0 saturated heterocycles. The number of benzene rings is 3. The van der Waals surface area contributed by atoms with Gasteiger partial charge in [0.2, 0.25) is 0 Å². The van der Waals surface area contributed by atoms with Crippen molar-refractivity contribution in [2.75, 3.05) is 0 Å². The minimum Gasteiger partial charge on any atom is -0.207 e. The van der Waals surface area contributed by atoms with Crippen LogP contribution in [0.15, 0.2) is 36.4 Å². The highest BCUT2D eigenvalue weighted by molar-refractivity contribution is 6.32. The van der Waals surface area contributed by atoms with Gasteiger partial charge in [-0.05, 0) is 81.5 Å². The average molecular weight is 476 g/mol. The molecule has 0 bridgehead atoms. The summed E-state index contributed by atoms with van der Waals surface area (Å²) in [6.45, 7) is 10.4. The Bertz CT molecular complexity index is 898. The molecular weight excluding hydrogens is 452 g/mol. The third-order valence-electron chi connectivity index (χ3n) is 4.36. The maximum absolute atomic E-state index is 12.9. The smallest absolute Gasteiger partial charge is 0.144 e. The minimum absolute atomic E-state index is 0.231. The molecule has 0 aromatic heterocycles. The van der Waals surface area contributed by atoms with E-state index >= 15 is 0 Å². The minimum atomic E-state index is -0.304. The van der Waals surface area contributed by atoms with Crippen LogP contribution in [0.25, 0.3) is 0 Å². The molecule has 0 radical (unpaired) electrons. The van der Waals surface area contributed by atoms with Crippen molar-refractivity contribution >= 4 is 34.8 Å². The monoisotopic (exact) mass is 474 g/mol. The molecule has 0 aliphatic heterocycles. The fraction of sp³-hybridized carbons (Fsp3) is 0.250. The molecule has 0 N–H and O–H groups in total. The van der Waals surface area contributed by atoms with E-state index in [2.05, 4.69) is 0 Å². The number of rotatable bonds is 0. The molecule has 0 nitrogen and oxygen atoms in total. The summed E-state index contributed by atoms with van der Waals surface area (Å²) in [5, 5.41) is 0.970. The fourth-order valence-electron chi connectivity index (χ4n) is 2.26. The molecular formula is C24H24Cl3F3. The molecule has 0 fully saturated rings. The van der Waals surface area contributed by atoms with Crippen molar-refractivity contribution < 1.29 is 13.2 Å². The van der Waals surface area contributed by atoms with Crippen molar-refractivity contribution in [3.63, 3.8) is 0 Å². The normalized spacial score (nSPS) is 10.0. The summed E-state index contributed by atoms with van der Waals surface area (Å²) in [5.74, 6) is -0.840. The fourth-order valence-corrected chi connectivity index (χ4v) is 2.94. The van der Waals surface area contributed by atoms with Crippen molar-refractivity contribution in [2.45, 2.75) is 41.5 Å². The van der Waals surface area contributed by atoms with E-state index in [1.165, 1.54) is 6.07 Å². The largest absolute Gasteiger partial charge is 0.207 e. The Balaban J connectivity index is 0.000000225. The Morgan fingerprint density at radius 3 is 1.27 bits per heavy atom. The third kappa shape index (κ3) is 7.23. The van der Waals surface area contributed by atoms with E-state index in [-0.39, 0.29) is 27.5 Å². The zero-order chi connectivity index (χ0) is 23.2. The van der Waals surface area contributed by atoms with Crippen LogP contribution in [-0.4, -0.2) is 0 Å². The van der Waals surface area contributed by atoms with Crippen LogP contribution in [0.4, 0.5) is 13.2 Å². The molecule has 3 rings (SSSR count). The Morgan fingerprint density at radius 1 is 0.567 bits per heavy atom. The van der Waals surface area contributed by atoms with Crippen LogP contribution >= 0.6 is 34.8 Å². The molecule has 3 aromatic carbocycles. The van der Waals surface area contributed by atoms with E-state index in [1.807, 2.05) is 6.92 Å². The van der Waals surface area contributed by atoms with Crippen LogP contribution in [0, 0.1) is 59.0 Å². The molecule has 0 unspecified atom stereocenters. The quantitative estimate of drug-likeness (QED) is 0.304. The van der Waals surface area contributed by atoms with E-state index in [0.717, 1.165) is 16.7 Å². The van der Waals surface area contributed by atoms with Crippen molar-refractivity contribution in [3.8, 4) is 0 Å². The first kappa shape index (κ1) is 26.4. The lowest BCUT2D eigenvalue weighted by molar-refractivity contribution is 0.617. The van der Waals surface area contributed by atoms with Gasteiger partial charge >= 0.3 is 0 Å². The summed E-state index contributed by atoms with van der Waals surface area (Å²) in [6.07, 6.45) is 0. The first-order chi connectivity index (χ1) is 13.9. The second kappa shape index (κ2) is 11.6. The van der Waals surface area contributed by atoms with Crippen LogP contribution < -0.4 is 0 Å². The summed E-state index contributed by atoms with van der Waals surface area (Å²) >= 11 is 16.9. The molecule has 0 aliphatic rings. The standard InChI is InChI=1S/3C8H8ClF/c1-5-3-7(9)6(2)8(10)4-5;2*1-5-3-4-6(2)8(10)7(5)9/h3*3-4H,1-2H3. The molecule has 3 aromatic rings. The van der Waals surface area contributed by atoms with E-state index in [1.54, 1.807) is 65.0 Å². The molecule has 0 heterocycles. The van der Waals surface area contributed by atoms with Crippen LogP contribution in [0.5, 0.6) is 0 Å². The van der Waals surface area contributed by atoms with Gasteiger partial charge in [0.1, 0.15) is 17.5 Å².